The molecule has 0 aromatic heterocycles. The fourth-order valence-corrected chi connectivity index (χ4v) is 3.13. The first kappa shape index (κ1) is 27.9. The monoisotopic (exact) mass is 452 g/mol. The Labute approximate surface area is 198 Å². The van der Waals surface area contributed by atoms with Crippen molar-refractivity contribution < 1.29 is 8.78 Å². The summed E-state index contributed by atoms with van der Waals surface area (Å²) in [6.45, 7) is 16.8. The average molecular weight is 453 g/mol. The molecule has 0 aliphatic heterocycles. The summed E-state index contributed by atoms with van der Waals surface area (Å²) in [5.74, 6) is -1.22. The van der Waals surface area contributed by atoms with Crippen molar-refractivity contribution in [3.63, 3.8) is 0 Å². The molecule has 0 fully saturated rings. The Morgan fingerprint density at radius 3 is 2.24 bits per heavy atom. The van der Waals surface area contributed by atoms with Crippen LogP contribution in [0, 0.1) is 13.8 Å². The Morgan fingerprint density at radius 1 is 0.939 bits per heavy atom. The molecule has 2 nitrogen and oxygen atoms in total. The van der Waals surface area contributed by atoms with Gasteiger partial charge in [0.05, 0.1) is 0 Å². The summed E-state index contributed by atoms with van der Waals surface area (Å²) in [6, 6.07) is 14.1. The van der Waals surface area contributed by atoms with E-state index in [9.17, 15) is 8.78 Å². The number of aryl methyl sites for hydroxylation is 2. The maximum Gasteiger partial charge on any atom is 0.149 e. The number of hydrogen-bond donors (Lipinski definition) is 2. The second-order valence-corrected chi connectivity index (χ2v) is 7.23. The fraction of sp³-hybridized carbons (Fsp3) is 0.310. The van der Waals surface area contributed by atoms with Crippen LogP contribution in [0.1, 0.15) is 56.4 Å². The molecule has 2 aromatic carbocycles. The highest BCUT2D eigenvalue weighted by Gasteiger charge is 2.15. The average Bonchev–Trinajstić information content (AvgIpc) is 2.98. The largest absolute Gasteiger partial charge is 0.385 e. The Bertz CT molecular complexity index is 983. The lowest BCUT2D eigenvalue weighted by molar-refractivity contribution is 0.613. The molecule has 0 radical (unpaired) electrons. The Hall–Kier alpha value is -3.14. The van der Waals surface area contributed by atoms with Gasteiger partial charge in [-0.25, -0.2) is 8.78 Å². The molecule has 0 heterocycles. The van der Waals surface area contributed by atoms with Crippen LogP contribution in [0.3, 0.4) is 0 Å². The molecule has 2 aromatic rings. The van der Waals surface area contributed by atoms with Crippen molar-refractivity contribution in [1.82, 2.24) is 5.32 Å². The van der Waals surface area contributed by atoms with Crippen molar-refractivity contribution in [1.29, 1.82) is 0 Å². The normalized spacial score (nSPS) is 12.4. The van der Waals surface area contributed by atoms with Gasteiger partial charge in [-0.2, -0.15) is 0 Å². The van der Waals surface area contributed by atoms with E-state index in [4.69, 9.17) is 0 Å². The lowest BCUT2D eigenvalue weighted by atomic mass is 10.1. The van der Waals surface area contributed by atoms with Gasteiger partial charge in [0, 0.05) is 23.5 Å². The number of anilines is 1. The summed E-state index contributed by atoms with van der Waals surface area (Å²) in [5, 5.41) is 6.26. The van der Waals surface area contributed by atoms with Crippen LogP contribution in [0.15, 0.2) is 84.6 Å². The van der Waals surface area contributed by atoms with Gasteiger partial charge in [-0.3, -0.25) is 0 Å². The van der Waals surface area contributed by atoms with Crippen molar-refractivity contribution in [2.45, 2.75) is 54.4 Å². The lowest BCUT2D eigenvalue weighted by Crippen LogP contribution is -2.16. The molecule has 0 spiro atoms. The number of halogens is 2. The van der Waals surface area contributed by atoms with E-state index in [2.05, 4.69) is 48.4 Å². The predicted molar refractivity (Wildman–Crippen MR) is 140 cm³/mol. The summed E-state index contributed by atoms with van der Waals surface area (Å²) >= 11 is 0. The van der Waals surface area contributed by atoms with E-state index < -0.39 is 11.7 Å². The first-order chi connectivity index (χ1) is 15.9. The molecule has 2 N–H and O–H groups in total. The summed E-state index contributed by atoms with van der Waals surface area (Å²) in [4.78, 5) is 0. The van der Waals surface area contributed by atoms with Gasteiger partial charge in [0.15, 0.2) is 0 Å². The number of rotatable bonds is 7. The van der Waals surface area contributed by atoms with Crippen LogP contribution < -0.4 is 10.6 Å². The van der Waals surface area contributed by atoms with Crippen molar-refractivity contribution in [2.75, 3.05) is 11.9 Å². The Morgan fingerprint density at radius 2 is 1.58 bits per heavy atom. The van der Waals surface area contributed by atoms with E-state index in [1.54, 1.807) is 6.08 Å². The van der Waals surface area contributed by atoms with E-state index in [0.29, 0.717) is 24.4 Å². The van der Waals surface area contributed by atoms with E-state index in [1.807, 2.05) is 52.8 Å². The highest BCUT2D eigenvalue weighted by molar-refractivity contribution is 5.76. The zero-order chi connectivity index (χ0) is 24.8. The van der Waals surface area contributed by atoms with Crippen LogP contribution in [0.5, 0.6) is 0 Å². The summed E-state index contributed by atoms with van der Waals surface area (Å²) in [5.41, 5.74) is 5.40. The maximum absolute atomic E-state index is 14.3. The third-order valence-corrected chi connectivity index (χ3v) is 4.81. The standard InChI is InChI=1S/C25H26F2N2.2C2H6/c1-17-8-11-20(12-9-17)14-15-28-19(3)21-13-10-18(2)16-24(21)29-25-22(26)6-4-5-7-23(25)27;2*1-2/h4,6-13,16,28-29H,3,5,14-15H2,1-2H3;2*1-2H3. The molecule has 33 heavy (non-hydrogen) atoms. The van der Waals surface area contributed by atoms with E-state index in [1.165, 1.54) is 23.3 Å². The van der Waals surface area contributed by atoms with Crippen LogP contribution in [0.4, 0.5) is 14.5 Å². The quantitative estimate of drug-likeness (QED) is 0.440. The molecular weight excluding hydrogens is 414 g/mol. The molecule has 4 heteroatoms. The molecule has 0 unspecified atom stereocenters. The van der Waals surface area contributed by atoms with Gasteiger partial charge in [0.25, 0.3) is 0 Å². The van der Waals surface area contributed by atoms with E-state index >= 15 is 0 Å². The van der Waals surface area contributed by atoms with E-state index in [-0.39, 0.29) is 5.70 Å². The number of hydrogen-bond acceptors (Lipinski definition) is 2. The second kappa shape index (κ2) is 14.8. The zero-order valence-corrected chi connectivity index (χ0v) is 20.9. The highest BCUT2D eigenvalue weighted by atomic mass is 19.1. The van der Waals surface area contributed by atoms with Gasteiger partial charge in [0.1, 0.15) is 17.4 Å². The third-order valence-electron chi connectivity index (χ3n) is 4.81. The van der Waals surface area contributed by atoms with Gasteiger partial charge in [-0.1, -0.05) is 82.3 Å². The third kappa shape index (κ3) is 8.72. The van der Waals surface area contributed by atoms with Crippen LogP contribution in [0.2, 0.25) is 0 Å². The molecule has 0 amide bonds. The van der Waals surface area contributed by atoms with Gasteiger partial charge in [0.2, 0.25) is 0 Å². The second-order valence-electron chi connectivity index (χ2n) is 7.23. The van der Waals surface area contributed by atoms with Crippen LogP contribution in [-0.2, 0) is 6.42 Å². The smallest absolute Gasteiger partial charge is 0.149 e. The van der Waals surface area contributed by atoms with Crippen molar-refractivity contribution >= 4 is 11.4 Å². The molecule has 1 aliphatic rings. The fourth-order valence-electron chi connectivity index (χ4n) is 3.13. The van der Waals surface area contributed by atoms with Gasteiger partial charge < -0.3 is 10.6 Å². The minimum atomic E-state index is -0.623. The number of nitrogens with one attached hydrogen (secondary N) is 2. The summed E-state index contributed by atoms with van der Waals surface area (Å²) in [7, 11) is 0. The molecule has 178 valence electrons. The molecule has 1 aliphatic carbocycles. The number of allylic oxidation sites excluding steroid dienone is 5. The van der Waals surface area contributed by atoms with Crippen molar-refractivity contribution in [3.8, 4) is 0 Å². The predicted octanol–water partition coefficient (Wildman–Crippen LogP) is 8.57. The molecule has 3 rings (SSSR count). The van der Waals surface area contributed by atoms with Crippen LogP contribution >= 0.6 is 0 Å². The van der Waals surface area contributed by atoms with Crippen LogP contribution in [-0.4, -0.2) is 6.54 Å². The topological polar surface area (TPSA) is 24.1 Å². The molecular formula is C29H38F2N2. The summed E-state index contributed by atoms with van der Waals surface area (Å²) < 4.78 is 28.6. The molecule has 0 bridgehead atoms. The van der Waals surface area contributed by atoms with Crippen LogP contribution in [0.25, 0.3) is 5.70 Å². The summed E-state index contributed by atoms with van der Waals surface area (Å²) in [6.07, 6.45) is 5.45. The minimum Gasteiger partial charge on any atom is -0.385 e. The van der Waals surface area contributed by atoms with E-state index in [0.717, 1.165) is 17.5 Å². The first-order valence-corrected chi connectivity index (χ1v) is 11.7. The SMILES string of the molecule is C=C(NCCc1ccc(C)cc1)c1ccc(C)cc1NC1=C(F)C=CCC=C1F.CC.CC. The minimum absolute atomic E-state index is 0.155. The number of benzene rings is 2. The van der Waals surface area contributed by atoms with Gasteiger partial charge in [-0.05, 0) is 56.0 Å². The molecule has 0 atom stereocenters. The molecule has 0 saturated heterocycles. The van der Waals surface area contributed by atoms with Crippen molar-refractivity contribution in [3.05, 3.63) is 107 Å². The Balaban J connectivity index is 0.00000129. The first-order valence-electron chi connectivity index (χ1n) is 11.7. The zero-order valence-electron chi connectivity index (χ0n) is 20.9. The lowest BCUT2D eigenvalue weighted by Gasteiger charge is -2.17. The Kier molecular flexibility index (Phi) is 12.5. The maximum atomic E-state index is 14.3. The van der Waals surface area contributed by atoms with Crippen molar-refractivity contribution in [2.24, 2.45) is 0 Å². The van der Waals surface area contributed by atoms with Gasteiger partial charge in [-0.15, -0.1) is 0 Å². The molecule has 0 saturated carbocycles. The highest BCUT2D eigenvalue weighted by Crippen LogP contribution is 2.29. The van der Waals surface area contributed by atoms with Gasteiger partial charge >= 0.3 is 0 Å².